The van der Waals surface area contributed by atoms with Gasteiger partial charge in [0, 0.05) is 32.1 Å². The number of rotatable bonds is 5. The van der Waals surface area contributed by atoms with Crippen LogP contribution in [-0.2, 0) is 11.3 Å². The van der Waals surface area contributed by atoms with Gasteiger partial charge in [0.1, 0.15) is 0 Å². The molecule has 0 aromatic heterocycles. The number of likely N-dealkylation sites (tertiary alicyclic amines) is 1. The highest BCUT2D eigenvalue weighted by Crippen LogP contribution is 2.21. The number of aliphatic hydroxyl groups is 1. The molecule has 2 N–H and O–H groups in total. The second-order valence-electron chi connectivity index (χ2n) is 7.50. The van der Waals surface area contributed by atoms with E-state index in [-0.39, 0.29) is 23.5 Å². The fourth-order valence-electron chi connectivity index (χ4n) is 2.96. The van der Waals surface area contributed by atoms with E-state index >= 15 is 0 Å². The van der Waals surface area contributed by atoms with Crippen LogP contribution < -0.4 is 5.32 Å². The maximum atomic E-state index is 12.0. The summed E-state index contributed by atoms with van der Waals surface area (Å²) in [5, 5.41) is 13.0. The van der Waals surface area contributed by atoms with Crippen LogP contribution in [-0.4, -0.2) is 41.1 Å². The van der Waals surface area contributed by atoms with Crippen molar-refractivity contribution in [2.24, 2.45) is 5.41 Å². The van der Waals surface area contributed by atoms with E-state index in [0.29, 0.717) is 19.5 Å². The third-order valence-corrected chi connectivity index (χ3v) is 3.96. The summed E-state index contributed by atoms with van der Waals surface area (Å²) in [4.78, 5) is 14.2. The summed E-state index contributed by atoms with van der Waals surface area (Å²) in [5.74, 6) is 0.0913. The van der Waals surface area contributed by atoms with E-state index in [9.17, 15) is 9.90 Å². The van der Waals surface area contributed by atoms with Gasteiger partial charge in [0.15, 0.2) is 0 Å². The maximum Gasteiger partial charge on any atom is 0.220 e. The van der Waals surface area contributed by atoms with Crippen LogP contribution in [0.15, 0.2) is 30.3 Å². The number of aliphatic hydroxyl groups excluding tert-OH is 1. The summed E-state index contributed by atoms with van der Waals surface area (Å²) >= 11 is 0. The van der Waals surface area contributed by atoms with E-state index in [2.05, 4.69) is 43.1 Å². The number of nitrogens with one attached hydrogen (secondary N) is 1. The summed E-state index contributed by atoms with van der Waals surface area (Å²) < 4.78 is 0. The molecule has 4 heteroatoms. The normalized spacial score (nSPS) is 22.7. The number of hydrogen-bond acceptors (Lipinski definition) is 3. The lowest BCUT2D eigenvalue weighted by molar-refractivity contribution is -0.123. The second-order valence-corrected chi connectivity index (χ2v) is 7.50. The Kier molecular flexibility index (Phi) is 5.59. The minimum Gasteiger partial charge on any atom is -0.392 e. The van der Waals surface area contributed by atoms with Crippen molar-refractivity contribution in [2.45, 2.75) is 52.3 Å². The molecule has 1 amide bonds. The zero-order valence-electron chi connectivity index (χ0n) is 13.9. The summed E-state index contributed by atoms with van der Waals surface area (Å²) in [5.41, 5.74) is 1.24. The Morgan fingerprint density at radius 3 is 2.64 bits per heavy atom. The molecule has 2 atom stereocenters. The monoisotopic (exact) mass is 304 g/mol. The predicted molar refractivity (Wildman–Crippen MR) is 88.3 cm³/mol. The molecule has 0 spiro atoms. The first kappa shape index (κ1) is 17.0. The largest absolute Gasteiger partial charge is 0.392 e. The lowest BCUT2D eigenvalue weighted by Gasteiger charge is -2.25. The van der Waals surface area contributed by atoms with Crippen LogP contribution in [0.3, 0.4) is 0 Å². The number of β-amino-alcohol motifs (C(OH)–C–C–N with tert-alkyl or cyclic N) is 1. The third kappa shape index (κ3) is 5.43. The van der Waals surface area contributed by atoms with Crippen molar-refractivity contribution in [1.82, 2.24) is 10.2 Å². The molecule has 0 bridgehead atoms. The highest BCUT2D eigenvalue weighted by atomic mass is 16.3. The van der Waals surface area contributed by atoms with Crippen LogP contribution in [0.25, 0.3) is 0 Å². The fraction of sp³-hybridized carbons (Fsp3) is 0.611. The van der Waals surface area contributed by atoms with Crippen LogP contribution in [0.5, 0.6) is 0 Å². The lowest BCUT2D eigenvalue weighted by Crippen LogP contribution is -2.40. The molecule has 0 saturated carbocycles. The van der Waals surface area contributed by atoms with Gasteiger partial charge >= 0.3 is 0 Å². The molecule has 0 radical (unpaired) electrons. The van der Waals surface area contributed by atoms with Gasteiger partial charge in [-0.25, -0.2) is 0 Å². The smallest absolute Gasteiger partial charge is 0.220 e. The standard InChI is InChI=1S/C18H28N2O2/c1-18(2,3)10-17(22)19-11-15-9-16(21)13-20(15)12-14-7-5-4-6-8-14/h4-8,15-16,21H,9-13H2,1-3H3,(H,19,22). The summed E-state index contributed by atoms with van der Waals surface area (Å²) in [6.07, 6.45) is 0.956. The first-order valence-electron chi connectivity index (χ1n) is 8.06. The van der Waals surface area contributed by atoms with Gasteiger partial charge in [-0.3, -0.25) is 9.69 Å². The molecule has 122 valence electrons. The maximum absolute atomic E-state index is 12.0. The molecule has 1 aromatic rings. The minimum atomic E-state index is -0.298. The van der Waals surface area contributed by atoms with Gasteiger partial charge in [-0.05, 0) is 17.4 Å². The van der Waals surface area contributed by atoms with E-state index in [1.165, 1.54) is 5.56 Å². The van der Waals surface area contributed by atoms with Crippen molar-refractivity contribution >= 4 is 5.91 Å². The SMILES string of the molecule is CC(C)(C)CC(=O)NCC1CC(O)CN1Cc1ccccc1. The number of carbonyl (C=O) groups is 1. The first-order valence-corrected chi connectivity index (χ1v) is 8.06. The van der Waals surface area contributed by atoms with Gasteiger partial charge in [0.05, 0.1) is 6.10 Å². The molecule has 1 saturated heterocycles. The van der Waals surface area contributed by atoms with Gasteiger partial charge in [0.25, 0.3) is 0 Å². The number of amides is 1. The van der Waals surface area contributed by atoms with Crippen LogP contribution in [0.4, 0.5) is 0 Å². The topological polar surface area (TPSA) is 52.6 Å². The molecule has 22 heavy (non-hydrogen) atoms. The van der Waals surface area contributed by atoms with Crippen LogP contribution in [0.1, 0.15) is 39.2 Å². The zero-order chi connectivity index (χ0) is 16.2. The zero-order valence-corrected chi connectivity index (χ0v) is 13.9. The van der Waals surface area contributed by atoms with Gasteiger partial charge in [0.2, 0.25) is 5.91 Å². The molecule has 1 heterocycles. The van der Waals surface area contributed by atoms with Gasteiger partial charge in [-0.15, -0.1) is 0 Å². The lowest BCUT2D eigenvalue weighted by atomic mass is 9.92. The number of benzene rings is 1. The Morgan fingerprint density at radius 2 is 2.00 bits per heavy atom. The molecule has 0 aliphatic carbocycles. The van der Waals surface area contributed by atoms with Gasteiger partial charge in [-0.2, -0.15) is 0 Å². The van der Waals surface area contributed by atoms with Crippen LogP contribution >= 0.6 is 0 Å². The van der Waals surface area contributed by atoms with E-state index in [0.717, 1.165) is 13.0 Å². The number of hydrogen-bond donors (Lipinski definition) is 2. The predicted octanol–water partition coefficient (Wildman–Crippen LogP) is 2.17. The van der Waals surface area contributed by atoms with Crippen molar-refractivity contribution < 1.29 is 9.90 Å². The molecular weight excluding hydrogens is 276 g/mol. The quantitative estimate of drug-likeness (QED) is 0.876. The Bertz CT molecular complexity index is 482. The summed E-state index contributed by atoms with van der Waals surface area (Å²) in [6, 6.07) is 10.5. The van der Waals surface area contributed by atoms with Crippen molar-refractivity contribution in [3.8, 4) is 0 Å². The minimum absolute atomic E-state index is 0.00298. The van der Waals surface area contributed by atoms with E-state index in [1.54, 1.807) is 0 Å². The van der Waals surface area contributed by atoms with E-state index < -0.39 is 0 Å². The Morgan fingerprint density at radius 1 is 1.32 bits per heavy atom. The molecular formula is C18H28N2O2. The molecule has 2 unspecified atom stereocenters. The first-order chi connectivity index (χ1) is 10.3. The number of nitrogens with zero attached hydrogens (tertiary/aromatic N) is 1. The van der Waals surface area contributed by atoms with Crippen molar-refractivity contribution in [1.29, 1.82) is 0 Å². The third-order valence-electron chi connectivity index (χ3n) is 3.96. The van der Waals surface area contributed by atoms with Crippen molar-refractivity contribution in [2.75, 3.05) is 13.1 Å². The second kappa shape index (κ2) is 7.25. The Balaban J connectivity index is 1.87. The molecule has 1 fully saturated rings. The molecule has 4 nitrogen and oxygen atoms in total. The Hall–Kier alpha value is -1.39. The van der Waals surface area contributed by atoms with E-state index in [1.807, 2.05) is 18.2 Å². The molecule has 1 aliphatic rings. The van der Waals surface area contributed by atoms with Crippen molar-refractivity contribution in [3.63, 3.8) is 0 Å². The van der Waals surface area contributed by atoms with Crippen LogP contribution in [0, 0.1) is 5.41 Å². The fourth-order valence-corrected chi connectivity index (χ4v) is 2.96. The Labute approximate surface area is 133 Å². The van der Waals surface area contributed by atoms with Crippen molar-refractivity contribution in [3.05, 3.63) is 35.9 Å². The highest BCUT2D eigenvalue weighted by Gasteiger charge is 2.31. The molecule has 1 aliphatic heterocycles. The summed E-state index contributed by atoms with van der Waals surface area (Å²) in [7, 11) is 0. The number of carbonyl (C=O) groups excluding carboxylic acids is 1. The molecule has 1 aromatic carbocycles. The van der Waals surface area contributed by atoms with Crippen LogP contribution in [0.2, 0.25) is 0 Å². The average Bonchev–Trinajstić information content (AvgIpc) is 2.76. The van der Waals surface area contributed by atoms with E-state index in [4.69, 9.17) is 0 Å². The summed E-state index contributed by atoms with van der Waals surface area (Å²) in [6.45, 7) is 8.29. The van der Waals surface area contributed by atoms with Gasteiger partial charge in [-0.1, -0.05) is 51.1 Å². The molecule has 2 rings (SSSR count). The average molecular weight is 304 g/mol. The highest BCUT2D eigenvalue weighted by molar-refractivity contribution is 5.76. The van der Waals surface area contributed by atoms with Gasteiger partial charge < -0.3 is 10.4 Å².